The Hall–Kier alpha value is -4.09. The number of benzene rings is 2. The Kier molecular flexibility index (Phi) is 7.80. The number of hydrogen-bond acceptors (Lipinski definition) is 5. The van der Waals surface area contributed by atoms with Gasteiger partial charge >= 0.3 is 6.18 Å². The third kappa shape index (κ3) is 5.68. The van der Waals surface area contributed by atoms with Gasteiger partial charge in [-0.25, -0.2) is 9.07 Å². The second kappa shape index (κ2) is 10.5. The molecular formula is C25H27F4N5O3. The SMILES string of the molecule is COc1ccc(F)cc1C(=O)N(Cc1ccc(-c2nn([C@@H](C)C(F)(F)F)c(N)c2C(N)=O)cc1)C(C)C. The molecule has 1 heterocycles. The van der Waals surface area contributed by atoms with Gasteiger partial charge in [0.05, 0.1) is 12.7 Å². The molecule has 0 aliphatic carbocycles. The van der Waals surface area contributed by atoms with Crippen LogP contribution in [-0.2, 0) is 6.54 Å². The van der Waals surface area contributed by atoms with Gasteiger partial charge in [-0.05, 0) is 44.5 Å². The lowest BCUT2D eigenvalue weighted by Gasteiger charge is -2.27. The number of primary amides is 1. The number of ether oxygens (including phenoxy) is 1. The first-order valence-electron chi connectivity index (χ1n) is 11.2. The molecule has 0 aliphatic heterocycles. The second-order valence-electron chi connectivity index (χ2n) is 8.70. The molecule has 198 valence electrons. The van der Waals surface area contributed by atoms with Crippen LogP contribution in [0, 0.1) is 5.82 Å². The maximum Gasteiger partial charge on any atom is 0.410 e. The number of anilines is 1. The lowest BCUT2D eigenvalue weighted by atomic mass is 10.0. The van der Waals surface area contributed by atoms with Gasteiger partial charge in [0.2, 0.25) is 0 Å². The number of carbonyl (C=O) groups excluding carboxylic acids is 2. The van der Waals surface area contributed by atoms with Crippen molar-refractivity contribution >= 4 is 17.6 Å². The topological polar surface area (TPSA) is 116 Å². The number of nitrogens with two attached hydrogens (primary N) is 2. The second-order valence-corrected chi connectivity index (χ2v) is 8.70. The van der Waals surface area contributed by atoms with Crippen LogP contribution in [0.4, 0.5) is 23.4 Å². The van der Waals surface area contributed by atoms with Gasteiger partial charge in [-0.15, -0.1) is 0 Å². The smallest absolute Gasteiger partial charge is 0.410 e. The van der Waals surface area contributed by atoms with E-state index in [4.69, 9.17) is 16.2 Å². The summed E-state index contributed by atoms with van der Waals surface area (Å²) in [5.74, 6) is -2.30. The molecule has 0 aliphatic rings. The number of methoxy groups -OCH3 is 1. The summed E-state index contributed by atoms with van der Waals surface area (Å²) in [7, 11) is 1.38. The van der Waals surface area contributed by atoms with Gasteiger partial charge in [0, 0.05) is 18.2 Å². The molecule has 0 saturated heterocycles. The van der Waals surface area contributed by atoms with E-state index in [0.717, 1.165) is 13.0 Å². The zero-order valence-corrected chi connectivity index (χ0v) is 20.6. The van der Waals surface area contributed by atoms with Crippen molar-refractivity contribution in [2.24, 2.45) is 5.73 Å². The number of hydrogen-bond donors (Lipinski definition) is 2. The van der Waals surface area contributed by atoms with Gasteiger partial charge in [0.1, 0.15) is 34.7 Å². The van der Waals surface area contributed by atoms with Crippen LogP contribution in [-0.4, -0.2) is 45.8 Å². The van der Waals surface area contributed by atoms with E-state index in [0.29, 0.717) is 15.8 Å². The number of halogens is 4. The molecule has 4 N–H and O–H groups in total. The van der Waals surface area contributed by atoms with Gasteiger partial charge in [-0.3, -0.25) is 9.59 Å². The fourth-order valence-electron chi connectivity index (χ4n) is 3.78. The van der Waals surface area contributed by atoms with Crippen molar-refractivity contribution in [3.8, 4) is 17.0 Å². The summed E-state index contributed by atoms with van der Waals surface area (Å²) in [6, 6.07) is 7.67. The number of rotatable bonds is 8. The summed E-state index contributed by atoms with van der Waals surface area (Å²) >= 11 is 0. The van der Waals surface area contributed by atoms with Crippen molar-refractivity contribution in [3.63, 3.8) is 0 Å². The Morgan fingerprint density at radius 3 is 2.24 bits per heavy atom. The lowest BCUT2D eigenvalue weighted by Crippen LogP contribution is -2.36. The van der Waals surface area contributed by atoms with Crippen molar-refractivity contribution in [1.29, 1.82) is 0 Å². The first-order chi connectivity index (χ1) is 17.3. The highest BCUT2D eigenvalue weighted by atomic mass is 19.4. The predicted octanol–water partition coefficient (Wildman–Crippen LogP) is 4.55. The number of aromatic nitrogens is 2. The zero-order chi connectivity index (χ0) is 27.7. The molecule has 3 rings (SSSR count). The summed E-state index contributed by atoms with van der Waals surface area (Å²) in [5.41, 5.74) is 11.8. The van der Waals surface area contributed by atoms with E-state index in [1.165, 1.54) is 36.3 Å². The minimum absolute atomic E-state index is 0.0683. The number of alkyl halides is 3. The molecule has 0 fully saturated rings. The third-order valence-corrected chi connectivity index (χ3v) is 5.89. The summed E-state index contributed by atoms with van der Waals surface area (Å²) < 4.78 is 59.4. The predicted molar refractivity (Wildman–Crippen MR) is 129 cm³/mol. The van der Waals surface area contributed by atoms with Crippen LogP contribution in [0.15, 0.2) is 42.5 Å². The monoisotopic (exact) mass is 521 g/mol. The lowest BCUT2D eigenvalue weighted by molar-refractivity contribution is -0.164. The Morgan fingerprint density at radius 2 is 1.73 bits per heavy atom. The molecule has 3 aromatic rings. The molecular weight excluding hydrogens is 494 g/mol. The van der Waals surface area contributed by atoms with Gasteiger partial charge in [-0.2, -0.15) is 18.3 Å². The van der Waals surface area contributed by atoms with E-state index >= 15 is 0 Å². The number of amides is 2. The quantitative estimate of drug-likeness (QED) is 0.422. The Labute approximate surface area is 210 Å². The van der Waals surface area contributed by atoms with Crippen molar-refractivity contribution in [2.45, 2.75) is 45.6 Å². The van der Waals surface area contributed by atoms with Crippen LogP contribution >= 0.6 is 0 Å². The average Bonchev–Trinajstić information content (AvgIpc) is 3.18. The van der Waals surface area contributed by atoms with E-state index < -0.39 is 35.7 Å². The first-order valence-corrected chi connectivity index (χ1v) is 11.2. The largest absolute Gasteiger partial charge is 0.496 e. The summed E-state index contributed by atoms with van der Waals surface area (Å²) in [5, 5.41) is 3.94. The van der Waals surface area contributed by atoms with Crippen molar-refractivity contribution < 1.29 is 31.9 Å². The normalized spacial score (nSPS) is 12.5. The molecule has 0 bridgehead atoms. The van der Waals surface area contributed by atoms with Crippen LogP contribution in [0.3, 0.4) is 0 Å². The number of nitrogens with zero attached hydrogens (tertiary/aromatic N) is 3. The van der Waals surface area contributed by atoms with Gasteiger partial charge < -0.3 is 21.1 Å². The van der Waals surface area contributed by atoms with Crippen LogP contribution in [0.1, 0.15) is 53.1 Å². The molecule has 2 amide bonds. The highest BCUT2D eigenvalue weighted by Crippen LogP contribution is 2.35. The highest BCUT2D eigenvalue weighted by molar-refractivity contribution is 6.03. The molecule has 0 spiro atoms. The zero-order valence-electron chi connectivity index (χ0n) is 20.6. The minimum Gasteiger partial charge on any atom is -0.496 e. The van der Waals surface area contributed by atoms with Crippen LogP contribution in [0.25, 0.3) is 11.3 Å². The molecule has 0 radical (unpaired) electrons. The van der Waals surface area contributed by atoms with E-state index in [-0.39, 0.29) is 35.2 Å². The molecule has 0 saturated carbocycles. The third-order valence-electron chi connectivity index (χ3n) is 5.89. The van der Waals surface area contributed by atoms with Crippen LogP contribution < -0.4 is 16.2 Å². The molecule has 2 aromatic carbocycles. The highest BCUT2D eigenvalue weighted by Gasteiger charge is 2.40. The molecule has 1 atom stereocenters. The van der Waals surface area contributed by atoms with Crippen molar-refractivity contribution in [1.82, 2.24) is 14.7 Å². The van der Waals surface area contributed by atoms with E-state index in [9.17, 15) is 27.2 Å². The minimum atomic E-state index is -4.65. The van der Waals surface area contributed by atoms with Crippen molar-refractivity contribution in [3.05, 3.63) is 65.0 Å². The summed E-state index contributed by atoms with van der Waals surface area (Å²) in [6.45, 7) is 4.61. The van der Waals surface area contributed by atoms with E-state index in [1.807, 2.05) is 0 Å². The molecule has 1 aromatic heterocycles. The molecule has 0 unspecified atom stereocenters. The molecule has 8 nitrogen and oxygen atoms in total. The summed E-state index contributed by atoms with van der Waals surface area (Å²) in [6.07, 6.45) is -4.65. The Balaban J connectivity index is 1.94. The van der Waals surface area contributed by atoms with Crippen LogP contribution in [0.5, 0.6) is 5.75 Å². The van der Waals surface area contributed by atoms with Crippen LogP contribution in [0.2, 0.25) is 0 Å². The Bertz CT molecular complexity index is 1300. The molecule has 37 heavy (non-hydrogen) atoms. The van der Waals surface area contributed by atoms with Crippen molar-refractivity contribution in [2.75, 3.05) is 12.8 Å². The van der Waals surface area contributed by atoms with Gasteiger partial charge in [-0.1, -0.05) is 24.3 Å². The number of nitrogen functional groups attached to an aromatic ring is 1. The maximum absolute atomic E-state index is 13.8. The Morgan fingerprint density at radius 1 is 1.11 bits per heavy atom. The number of carbonyl (C=O) groups is 2. The average molecular weight is 522 g/mol. The van der Waals surface area contributed by atoms with E-state index in [1.54, 1.807) is 26.0 Å². The fourth-order valence-corrected chi connectivity index (χ4v) is 3.78. The first kappa shape index (κ1) is 27.5. The standard InChI is InChI=1S/C25H27F4N5O3/c1-13(2)33(24(36)18-11-17(26)9-10-19(18)37-4)12-15-5-7-16(8-6-15)21-20(23(31)35)22(30)34(32-21)14(3)25(27,28)29/h5-11,13-14H,12,30H2,1-4H3,(H2,31,35)/t14-/m0/s1. The fraction of sp³-hybridized carbons (Fsp3) is 0.320. The van der Waals surface area contributed by atoms with Gasteiger partial charge in [0.15, 0.2) is 0 Å². The maximum atomic E-state index is 13.8. The van der Waals surface area contributed by atoms with Gasteiger partial charge in [0.25, 0.3) is 11.8 Å². The summed E-state index contributed by atoms with van der Waals surface area (Å²) in [4.78, 5) is 26.7. The molecule has 12 heteroatoms. The van der Waals surface area contributed by atoms with E-state index in [2.05, 4.69) is 5.10 Å².